The maximum atomic E-state index is 12.3. The number of nitrogens with one attached hydrogen (secondary N) is 1. The van der Waals surface area contributed by atoms with Crippen molar-refractivity contribution < 1.29 is 4.79 Å². The normalized spacial score (nSPS) is 15.6. The summed E-state index contributed by atoms with van der Waals surface area (Å²) in [5.74, 6) is 0.682. The molecule has 1 unspecified atom stereocenters. The number of hydrogen-bond donors (Lipinski definition) is 1. The fourth-order valence-electron chi connectivity index (χ4n) is 3.30. The van der Waals surface area contributed by atoms with E-state index in [1.54, 1.807) is 6.07 Å². The zero-order valence-corrected chi connectivity index (χ0v) is 16.7. The first-order chi connectivity index (χ1) is 13.0. The van der Waals surface area contributed by atoms with E-state index in [0.717, 1.165) is 38.4 Å². The summed E-state index contributed by atoms with van der Waals surface area (Å²) in [6, 6.07) is 8.40. The highest BCUT2D eigenvalue weighted by atomic mass is 16.1. The van der Waals surface area contributed by atoms with Gasteiger partial charge in [0, 0.05) is 44.0 Å². The van der Waals surface area contributed by atoms with Crippen LogP contribution in [0.15, 0.2) is 30.6 Å². The molecule has 1 amide bonds. The average molecular weight is 367 g/mol. The molecule has 6 heteroatoms. The van der Waals surface area contributed by atoms with Gasteiger partial charge in [0.15, 0.2) is 0 Å². The first-order valence-corrected chi connectivity index (χ1v) is 9.68. The molecule has 1 atom stereocenters. The summed E-state index contributed by atoms with van der Waals surface area (Å²) in [5, 5.41) is 2.96. The Kier molecular flexibility index (Phi) is 5.94. The van der Waals surface area contributed by atoms with Crippen LogP contribution in [0, 0.1) is 13.8 Å². The van der Waals surface area contributed by atoms with Gasteiger partial charge < -0.3 is 15.1 Å². The molecule has 2 aromatic rings. The molecular formula is C21H29N5O. The Morgan fingerprint density at radius 1 is 1.15 bits per heavy atom. The highest BCUT2D eigenvalue weighted by Gasteiger charge is 2.21. The SMILES string of the molecule is CCC(C)NC(=O)c1cc(N2CCN(c3cccc(C)c3C)CC2)ncn1. The second-order valence-corrected chi connectivity index (χ2v) is 7.24. The lowest BCUT2D eigenvalue weighted by Gasteiger charge is -2.37. The van der Waals surface area contributed by atoms with Crippen molar-refractivity contribution >= 4 is 17.4 Å². The van der Waals surface area contributed by atoms with Crippen molar-refractivity contribution in [1.29, 1.82) is 0 Å². The van der Waals surface area contributed by atoms with Crippen LogP contribution >= 0.6 is 0 Å². The number of aromatic nitrogens is 2. The van der Waals surface area contributed by atoms with E-state index in [1.807, 2.05) is 13.8 Å². The molecule has 1 saturated heterocycles. The van der Waals surface area contributed by atoms with E-state index in [-0.39, 0.29) is 11.9 Å². The summed E-state index contributed by atoms with van der Waals surface area (Å²) >= 11 is 0. The molecule has 2 heterocycles. The van der Waals surface area contributed by atoms with E-state index in [1.165, 1.54) is 23.1 Å². The van der Waals surface area contributed by atoms with Crippen molar-refractivity contribution in [2.45, 2.75) is 40.2 Å². The highest BCUT2D eigenvalue weighted by Crippen LogP contribution is 2.25. The lowest BCUT2D eigenvalue weighted by molar-refractivity contribution is 0.0934. The Bertz CT molecular complexity index is 799. The first kappa shape index (κ1) is 19.1. The Morgan fingerprint density at radius 2 is 1.85 bits per heavy atom. The number of benzene rings is 1. The molecule has 6 nitrogen and oxygen atoms in total. The van der Waals surface area contributed by atoms with Crippen molar-refractivity contribution in [1.82, 2.24) is 15.3 Å². The fraction of sp³-hybridized carbons (Fsp3) is 0.476. The van der Waals surface area contributed by atoms with Gasteiger partial charge in [-0.25, -0.2) is 9.97 Å². The van der Waals surface area contributed by atoms with Crippen LogP contribution < -0.4 is 15.1 Å². The minimum absolute atomic E-state index is 0.136. The number of piperazine rings is 1. The van der Waals surface area contributed by atoms with Crippen molar-refractivity contribution in [3.05, 3.63) is 47.4 Å². The average Bonchev–Trinajstić information content (AvgIpc) is 2.70. The van der Waals surface area contributed by atoms with Gasteiger partial charge in [-0.2, -0.15) is 0 Å². The van der Waals surface area contributed by atoms with E-state index in [4.69, 9.17) is 0 Å². The number of carbonyl (C=O) groups is 1. The first-order valence-electron chi connectivity index (χ1n) is 9.68. The van der Waals surface area contributed by atoms with Crippen LogP contribution in [0.1, 0.15) is 41.9 Å². The third kappa shape index (κ3) is 4.38. The molecule has 1 fully saturated rings. The van der Waals surface area contributed by atoms with Gasteiger partial charge in [-0.1, -0.05) is 19.1 Å². The minimum Gasteiger partial charge on any atom is -0.368 e. The standard InChI is InChI=1S/C21H29N5O/c1-5-16(3)24-21(27)18-13-20(23-14-22-18)26-11-9-25(10-12-26)19-8-6-7-15(2)17(19)4/h6-8,13-14,16H,5,9-12H2,1-4H3,(H,24,27). The number of nitrogens with zero attached hydrogens (tertiary/aromatic N) is 4. The second-order valence-electron chi connectivity index (χ2n) is 7.24. The molecule has 3 rings (SSSR count). The van der Waals surface area contributed by atoms with E-state index in [2.05, 4.69) is 57.1 Å². The topological polar surface area (TPSA) is 61.4 Å². The molecule has 1 aromatic heterocycles. The number of aryl methyl sites for hydroxylation is 1. The molecule has 1 N–H and O–H groups in total. The Morgan fingerprint density at radius 3 is 2.56 bits per heavy atom. The molecule has 0 bridgehead atoms. The van der Waals surface area contributed by atoms with Crippen LogP contribution in [0.5, 0.6) is 0 Å². The quantitative estimate of drug-likeness (QED) is 0.880. The van der Waals surface area contributed by atoms with E-state index >= 15 is 0 Å². The molecule has 27 heavy (non-hydrogen) atoms. The van der Waals surface area contributed by atoms with Crippen molar-refractivity contribution in [2.24, 2.45) is 0 Å². The maximum Gasteiger partial charge on any atom is 0.270 e. The number of rotatable bonds is 5. The maximum absolute atomic E-state index is 12.3. The van der Waals surface area contributed by atoms with Gasteiger partial charge in [0.25, 0.3) is 5.91 Å². The smallest absolute Gasteiger partial charge is 0.270 e. The minimum atomic E-state index is -0.137. The number of anilines is 2. The fourth-order valence-corrected chi connectivity index (χ4v) is 3.30. The van der Waals surface area contributed by atoms with E-state index < -0.39 is 0 Å². The third-order valence-electron chi connectivity index (χ3n) is 5.40. The van der Waals surface area contributed by atoms with Crippen LogP contribution in [0.25, 0.3) is 0 Å². The zero-order chi connectivity index (χ0) is 19.4. The van der Waals surface area contributed by atoms with Crippen LogP contribution in [0.2, 0.25) is 0 Å². The molecule has 0 radical (unpaired) electrons. The zero-order valence-electron chi connectivity index (χ0n) is 16.7. The monoisotopic (exact) mass is 367 g/mol. The van der Waals surface area contributed by atoms with E-state index in [9.17, 15) is 4.79 Å². The summed E-state index contributed by atoms with van der Waals surface area (Å²) < 4.78 is 0. The van der Waals surface area contributed by atoms with Crippen molar-refractivity contribution in [2.75, 3.05) is 36.0 Å². The van der Waals surface area contributed by atoms with E-state index in [0.29, 0.717) is 5.69 Å². The van der Waals surface area contributed by atoms with Gasteiger partial charge >= 0.3 is 0 Å². The van der Waals surface area contributed by atoms with Gasteiger partial charge in [0.2, 0.25) is 0 Å². The van der Waals surface area contributed by atoms with Gasteiger partial charge in [-0.15, -0.1) is 0 Å². The molecule has 0 saturated carbocycles. The Labute approximate surface area is 161 Å². The largest absolute Gasteiger partial charge is 0.368 e. The summed E-state index contributed by atoms with van der Waals surface area (Å²) in [6.45, 7) is 12.0. The predicted molar refractivity (Wildman–Crippen MR) is 110 cm³/mol. The van der Waals surface area contributed by atoms with Crippen LogP contribution in [0.3, 0.4) is 0 Å². The van der Waals surface area contributed by atoms with Gasteiger partial charge in [0.1, 0.15) is 17.8 Å². The van der Waals surface area contributed by atoms with Crippen LogP contribution in [-0.2, 0) is 0 Å². The third-order valence-corrected chi connectivity index (χ3v) is 5.40. The number of amides is 1. The molecule has 0 aliphatic carbocycles. The molecular weight excluding hydrogens is 338 g/mol. The second kappa shape index (κ2) is 8.37. The lowest BCUT2D eigenvalue weighted by Crippen LogP contribution is -2.47. The Hall–Kier alpha value is -2.63. The van der Waals surface area contributed by atoms with Crippen LogP contribution in [-0.4, -0.2) is 48.1 Å². The van der Waals surface area contributed by atoms with Crippen LogP contribution in [0.4, 0.5) is 11.5 Å². The summed E-state index contributed by atoms with van der Waals surface area (Å²) in [5.41, 5.74) is 4.41. The Balaban J connectivity index is 1.67. The predicted octanol–water partition coefficient (Wildman–Crippen LogP) is 2.95. The van der Waals surface area contributed by atoms with Gasteiger partial charge in [-0.05, 0) is 44.4 Å². The number of carbonyl (C=O) groups excluding carboxylic acids is 1. The molecule has 1 aromatic carbocycles. The molecule has 1 aliphatic rings. The molecule has 0 spiro atoms. The van der Waals surface area contributed by atoms with Crippen molar-refractivity contribution in [3.8, 4) is 0 Å². The highest BCUT2D eigenvalue weighted by molar-refractivity contribution is 5.93. The summed E-state index contributed by atoms with van der Waals surface area (Å²) in [7, 11) is 0. The van der Waals surface area contributed by atoms with Crippen molar-refractivity contribution in [3.63, 3.8) is 0 Å². The molecule has 1 aliphatic heterocycles. The van der Waals surface area contributed by atoms with Gasteiger partial charge in [0.05, 0.1) is 0 Å². The summed E-state index contributed by atoms with van der Waals surface area (Å²) in [6.07, 6.45) is 2.38. The van der Waals surface area contributed by atoms with Gasteiger partial charge in [-0.3, -0.25) is 4.79 Å². The lowest BCUT2D eigenvalue weighted by atomic mass is 10.1. The molecule has 144 valence electrons. The number of hydrogen-bond acceptors (Lipinski definition) is 5. The summed E-state index contributed by atoms with van der Waals surface area (Å²) in [4.78, 5) is 25.5.